The molecule has 1 aromatic heterocycles. The van der Waals surface area contributed by atoms with Crippen LogP contribution in [0.5, 0.6) is 5.75 Å². The Morgan fingerprint density at radius 1 is 1.24 bits per heavy atom. The van der Waals surface area contributed by atoms with Crippen LogP contribution in [-0.4, -0.2) is 23.6 Å². The second kappa shape index (κ2) is 9.94. The van der Waals surface area contributed by atoms with Gasteiger partial charge in [-0.05, 0) is 74.7 Å². The lowest BCUT2D eigenvalue weighted by molar-refractivity contribution is -0.0891. The summed E-state index contributed by atoms with van der Waals surface area (Å²) in [6.07, 6.45) is 0.333. The number of nitrogen functional groups attached to an aromatic ring is 1. The zero-order chi connectivity index (χ0) is 24.2. The molecule has 1 amide bonds. The number of fused-ring (bicyclic) bond motifs is 1. The summed E-state index contributed by atoms with van der Waals surface area (Å²) >= 11 is 0. The lowest BCUT2D eigenvalue weighted by Crippen LogP contribution is -2.38. The predicted molar refractivity (Wildman–Crippen MR) is 123 cm³/mol. The van der Waals surface area contributed by atoms with Crippen LogP contribution >= 0.6 is 0 Å². The van der Waals surface area contributed by atoms with Crippen LogP contribution in [0.1, 0.15) is 43.1 Å². The fourth-order valence-corrected chi connectivity index (χ4v) is 3.48. The summed E-state index contributed by atoms with van der Waals surface area (Å²) in [5, 5.41) is 0. The van der Waals surface area contributed by atoms with Crippen LogP contribution in [0.15, 0.2) is 71.5 Å². The molecule has 5 nitrogen and oxygen atoms in total. The number of nitrogens with zero attached hydrogens (tertiary/aromatic N) is 2. The molecule has 0 unspecified atom stereocenters. The van der Waals surface area contributed by atoms with Gasteiger partial charge in [0.2, 0.25) is 0 Å². The highest BCUT2D eigenvalue weighted by atomic mass is 19.4. The highest BCUT2D eigenvalue weighted by Gasteiger charge is 2.33. The van der Waals surface area contributed by atoms with Gasteiger partial charge >= 0.3 is 6.18 Å². The van der Waals surface area contributed by atoms with E-state index in [0.29, 0.717) is 35.9 Å². The number of pyridine rings is 1. The molecule has 1 aromatic carbocycles. The quantitative estimate of drug-likeness (QED) is 0.427. The summed E-state index contributed by atoms with van der Waals surface area (Å²) in [5.41, 5.74) is 6.62. The van der Waals surface area contributed by atoms with Crippen LogP contribution < -0.4 is 15.4 Å². The fourth-order valence-electron chi connectivity index (χ4n) is 3.48. The molecular weight excluding hydrogens is 431 g/mol. The van der Waals surface area contributed by atoms with Crippen molar-refractivity contribution in [3.05, 3.63) is 82.7 Å². The normalized spacial score (nSPS) is 15.5. The standard InChI is InChI=1S/C25H26F3N3O2/c1-4-16(3)21(25(26,27)28)12-11-18(5-2)33-19-10-9-17-13-14-31(24(32)20(17)15-19)23-8-6-7-22(29)30-23/h5-12,15H,4,13-14H2,1-3H3,(H2,29,30)/b12-11-,18-5+,21-16?. The maximum Gasteiger partial charge on any atom is 0.416 e. The van der Waals surface area contributed by atoms with Crippen molar-refractivity contribution in [1.82, 2.24) is 4.98 Å². The number of hydrogen-bond acceptors (Lipinski definition) is 4. The smallest absolute Gasteiger partial charge is 0.416 e. The topological polar surface area (TPSA) is 68.5 Å². The number of benzene rings is 1. The second-order valence-corrected chi connectivity index (χ2v) is 7.62. The monoisotopic (exact) mass is 457 g/mol. The number of amides is 1. The van der Waals surface area contributed by atoms with E-state index >= 15 is 0 Å². The number of ether oxygens (including phenoxy) is 1. The van der Waals surface area contributed by atoms with Crippen molar-refractivity contribution in [2.45, 2.75) is 39.8 Å². The minimum atomic E-state index is -4.45. The third-order valence-electron chi connectivity index (χ3n) is 5.42. The summed E-state index contributed by atoms with van der Waals surface area (Å²) in [5.74, 6) is 1.13. The number of carbonyl (C=O) groups excluding carboxylic acids is 1. The van der Waals surface area contributed by atoms with Gasteiger partial charge in [0.15, 0.2) is 0 Å². The van der Waals surface area contributed by atoms with Gasteiger partial charge in [0.1, 0.15) is 23.1 Å². The number of anilines is 2. The van der Waals surface area contributed by atoms with Crippen LogP contribution in [0.25, 0.3) is 0 Å². The first kappa shape index (κ1) is 24.1. The number of hydrogen-bond donors (Lipinski definition) is 1. The number of aromatic nitrogens is 1. The average Bonchev–Trinajstić information content (AvgIpc) is 2.77. The minimum absolute atomic E-state index is 0.234. The van der Waals surface area contributed by atoms with Crippen LogP contribution in [0, 0.1) is 0 Å². The number of alkyl halides is 3. The fraction of sp³-hybridized carbons (Fsp3) is 0.280. The van der Waals surface area contributed by atoms with Crippen molar-refractivity contribution in [3.8, 4) is 5.75 Å². The number of rotatable bonds is 6. The number of carbonyl (C=O) groups is 1. The third kappa shape index (κ3) is 5.63. The molecule has 8 heteroatoms. The Bertz CT molecular complexity index is 1130. The lowest BCUT2D eigenvalue weighted by Gasteiger charge is -2.28. The highest BCUT2D eigenvalue weighted by molar-refractivity contribution is 6.08. The molecule has 0 radical (unpaired) electrons. The summed E-state index contributed by atoms with van der Waals surface area (Å²) in [7, 11) is 0. The maximum atomic E-state index is 13.3. The maximum absolute atomic E-state index is 13.3. The Kier molecular flexibility index (Phi) is 7.26. The molecule has 2 heterocycles. The summed E-state index contributed by atoms with van der Waals surface area (Å²) < 4.78 is 45.8. The average molecular weight is 457 g/mol. The van der Waals surface area contributed by atoms with Crippen LogP contribution in [0.3, 0.4) is 0 Å². The van der Waals surface area contributed by atoms with Crippen molar-refractivity contribution >= 4 is 17.5 Å². The molecule has 0 atom stereocenters. The van der Waals surface area contributed by atoms with Crippen molar-refractivity contribution in [1.29, 1.82) is 0 Å². The Morgan fingerprint density at radius 3 is 2.64 bits per heavy atom. The first-order chi connectivity index (χ1) is 15.6. The molecule has 0 fully saturated rings. The van der Waals surface area contributed by atoms with E-state index in [1.54, 1.807) is 61.2 Å². The molecule has 0 bridgehead atoms. The highest BCUT2D eigenvalue weighted by Crippen LogP contribution is 2.31. The van der Waals surface area contributed by atoms with Crippen LogP contribution in [0.2, 0.25) is 0 Å². The molecule has 0 saturated carbocycles. The molecule has 0 spiro atoms. The third-order valence-corrected chi connectivity index (χ3v) is 5.42. The van der Waals surface area contributed by atoms with Crippen molar-refractivity contribution in [2.75, 3.05) is 17.2 Å². The van der Waals surface area contributed by atoms with Gasteiger partial charge in [0.25, 0.3) is 5.91 Å². The van der Waals surface area contributed by atoms with E-state index in [2.05, 4.69) is 4.98 Å². The lowest BCUT2D eigenvalue weighted by atomic mass is 9.98. The zero-order valence-corrected chi connectivity index (χ0v) is 18.7. The van der Waals surface area contributed by atoms with Crippen LogP contribution in [-0.2, 0) is 6.42 Å². The van der Waals surface area contributed by atoms with Gasteiger partial charge in [-0.1, -0.05) is 24.6 Å². The summed E-state index contributed by atoms with van der Waals surface area (Å²) in [6, 6.07) is 10.2. The van der Waals surface area contributed by atoms with Crippen molar-refractivity contribution in [2.24, 2.45) is 0 Å². The van der Waals surface area contributed by atoms with Gasteiger partial charge in [0, 0.05) is 12.1 Å². The first-order valence-electron chi connectivity index (χ1n) is 10.6. The van der Waals surface area contributed by atoms with Crippen molar-refractivity contribution < 1.29 is 22.7 Å². The van der Waals surface area contributed by atoms with E-state index in [1.807, 2.05) is 0 Å². The van der Waals surface area contributed by atoms with E-state index in [4.69, 9.17) is 10.5 Å². The summed E-state index contributed by atoms with van der Waals surface area (Å²) in [6.45, 7) is 5.27. The molecule has 2 aromatic rings. The van der Waals surface area contributed by atoms with Gasteiger partial charge in [-0.3, -0.25) is 9.69 Å². The largest absolute Gasteiger partial charge is 0.458 e. The molecule has 0 saturated heterocycles. The second-order valence-electron chi connectivity index (χ2n) is 7.62. The Morgan fingerprint density at radius 2 is 2.00 bits per heavy atom. The Balaban J connectivity index is 1.84. The van der Waals surface area contributed by atoms with Gasteiger partial charge in [0.05, 0.1) is 5.57 Å². The van der Waals surface area contributed by atoms with E-state index in [0.717, 1.165) is 11.6 Å². The molecule has 1 aliphatic heterocycles. The van der Waals surface area contributed by atoms with E-state index in [-0.39, 0.29) is 23.7 Å². The van der Waals surface area contributed by atoms with Gasteiger partial charge < -0.3 is 10.5 Å². The minimum Gasteiger partial charge on any atom is -0.458 e. The zero-order valence-electron chi connectivity index (χ0n) is 18.7. The summed E-state index contributed by atoms with van der Waals surface area (Å²) in [4.78, 5) is 18.9. The SMILES string of the molecule is C/C=C(\C=C/C(=C(C)CC)C(F)(F)F)Oc1ccc2c(c1)C(=O)N(c1cccc(N)n1)CC2. The van der Waals surface area contributed by atoms with Gasteiger partial charge in [-0.2, -0.15) is 13.2 Å². The molecule has 3 rings (SSSR count). The number of allylic oxidation sites excluding steroid dienone is 5. The molecular formula is C25H26F3N3O2. The Labute approximate surface area is 191 Å². The molecule has 2 N–H and O–H groups in total. The first-order valence-corrected chi connectivity index (χ1v) is 10.6. The number of nitrogens with two attached hydrogens (primary N) is 1. The number of halogens is 3. The van der Waals surface area contributed by atoms with E-state index in [9.17, 15) is 18.0 Å². The van der Waals surface area contributed by atoms with Crippen LogP contribution in [0.4, 0.5) is 24.8 Å². The van der Waals surface area contributed by atoms with Gasteiger partial charge in [-0.25, -0.2) is 4.98 Å². The molecule has 1 aliphatic rings. The molecule has 33 heavy (non-hydrogen) atoms. The van der Waals surface area contributed by atoms with Gasteiger partial charge in [-0.15, -0.1) is 0 Å². The van der Waals surface area contributed by atoms with E-state index in [1.165, 1.54) is 13.0 Å². The van der Waals surface area contributed by atoms with E-state index < -0.39 is 11.7 Å². The Hall–Kier alpha value is -3.55. The molecule has 0 aliphatic carbocycles. The molecule has 174 valence electrons. The van der Waals surface area contributed by atoms with Crippen molar-refractivity contribution in [3.63, 3.8) is 0 Å². The predicted octanol–water partition coefficient (Wildman–Crippen LogP) is 5.99.